The summed E-state index contributed by atoms with van der Waals surface area (Å²) in [6, 6.07) is 0. The van der Waals surface area contributed by atoms with Gasteiger partial charge in [-0.2, -0.15) is 11.3 Å². The summed E-state index contributed by atoms with van der Waals surface area (Å²) in [5.41, 5.74) is 7.02. The molecule has 0 saturated heterocycles. The highest BCUT2D eigenvalue weighted by Gasteiger charge is 2.55. The van der Waals surface area contributed by atoms with Gasteiger partial charge in [0.05, 0.1) is 5.54 Å². The molecular weight excluding hydrogens is 192 g/mol. The van der Waals surface area contributed by atoms with Crippen LogP contribution in [0, 0.1) is 6.92 Å². The summed E-state index contributed by atoms with van der Waals surface area (Å²) in [6.07, 6.45) is -0.421. The van der Waals surface area contributed by atoms with Gasteiger partial charge in [-0.3, -0.25) is 0 Å². The maximum absolute atomic E-state index is 12.7. The molecule has 1 heterocycles. The largest absolute Gasteiger partial charge is 0.321 e. The summed E-state index contributed by atoms with van der Waals surface area (Å²) < 4.78 is 25.4. The molecule has 0 bridgehead atoms. The standard InChI is InChI=1S/C9H11F2NS/c1-6-2-13-3-7(6)8(12)4-9(10,11)5-8/h2-3H,4-5,12H2,1H3. The van der Waals surface area contributed by atoms with Crippen molar-refractivity contribution in [3.8, 4) is 0 Å². The Kier molecular flexibility index (Phi) is 1.76. The number of rotatable bonds is 1. The Bertz CT molecular complexity index is 324. The molecule has 1 nitrogen and oxygen atoms in total. The maximum atomic E-state index is 12.7. The normalized spacial score (nSPS) is 24.0. The highest BCUT2D eigenvalue weighted by molar-refractivity contribution is 7.08. The minimum atomic E-state index is -2.55. The van der Waals surface area contributed by atoms with E-state index in [1.54, 1.807) is 0 Å². The van der Waals surface area contributed by atoms with Gasteiger partial charge in [0, 0.05) is 12.8 Å². The zero-order valence-corrected chi connectivity index (χ0v) is 8.13. The molecule has 0 aliphatic heterocycles. The monoisotopic (exact) mass is 203 g/mol. The molecule has 0 unspecified atom stereocenters. The number of nitrogens with two attached hydrogens (primary N) is 1. The van der Waals surface area contributed by atoms with Gasteiger partial charge >= 0.3 is 0 Å². The number of alkyl halides is 2. The summed E-state index contributed by atoms with van der Waals surface area (Å²) in [5, 5.41) is 3.82. The van der Waals surface area contributed by atoms with E-state index in [-0.39, 0.29) is 12.8 Å². The van der Waals surface area contributed by atoms with Crippen LogP contribution in [0.4, 0.5) is 8.78 Å². The molecule has 2 rings (SSSR count). The Morgan fingerprint density at radius 3 is 2.38 bits per heavy atom. The minimum absolute atomic E-state index is 0.211. The summed E-state index contributed by atoms with van der Waals surface area (Å²) in [7, 11) is 0. The Morgan fingerprint density at radius 2 is 2.00 bits per heavy atom. The third-order valence-corrected chi connectivity index (χ3v) is 3.40. The summed E-state index contributed by atoms with van der Waals surface area (Å²) in [6.45, 7) is 1.91. The highest BCUT2D eigenvalue weighted by Crippen LogP contribution is 2.50. The molecule has 4 heteroatoms. The van der Waals surface area contributed by atoms with Crippen LogP contribution in [-0.4, -0.2) is 5.92 Å². The molecule has 13 heavy (non-hydrogen) atoms. The lowest BCUT2D eigenvalue weighted by atomic mass is 9.70. The first-order valence-corrected chi connectivity index (χ1v) is 5.07. The molecule has 1 fully saturated rings. The van der Waals surface area contributed by atoms with Crippen LogP contribution in [0.25, 0.3) is 0 Å². The first-order valence-electron chi connectivity index (χ1n) is 4.13. The van der Waals surface area contributed by atoms with Gasteiger partial charge in [-0.1, -0.05) is 0 Å². The van der Waals surface area contributed by atoms with Crippen molar-refractivity contribution in [2.75, 3.05) is 0 Å². The third-order valence-electron chi connectivity index (χ3n) is 2.54. The zero-order valence-electron chi connectivity index (χ0n) is 7.31. The fourth-order valence-corrected chi connectivity index (χ4v) is 2.89. The number of hydrogen-bond acceptors (Lipinski definition) is 2. The number of thiophene rings is 1. The van der Waals surface area contributed by atoms with E-state index in [0.717, 1.165) is 11.1 Å². The maximum Gasteiger partial charge on any atom is 0.252 e. The average molecular weight is 203 g/mol. The van der Waals surface area contributed by atoms with Crippen LogP contribution in [0.1, 0.15) is 24.0 Å². The molecule has 1 aromatic rings. The molecule has 0 amide bonds. The second-order valence-electron chi connectivity index (χ2n) is 3.83. The molecule has 72 valence electrons. The van der Waals surface area contributed by atoms with Crippen LogP contribution in [0.5, 0.6) is 0 Å². The van der Waals surface area contributed by atoms with E-state index < -0.39 is 11.5 Å². The highest BCUT2D eigenvalue weighted by atomic mass is 32.1. The quantitative estimate of drug-likeness (QED) is 0.746. The van der Waals surface area contributed by atoms with E-state index in [9.17, 15) is 8.78 Å². The Labute approximate surface area is 79.6 Å². The summed E-state index contributed by atoms with van der Waals surface area (Å²) in [4.78, 5) is 0. The number of aryl methyl sites for hydroxylation is 1. The topological polar surface area (TPSA) is 26.0 Å². The number of halogens is 2. The lowest BCUT2D eigenvalue weighted by Gasteiger charge is -2.44. The van der Waals surface area contributed by atoms with Gasteiger partial charge in [0.1, 0.15) is 0 Å². The van der Waals surface area contributed by atoms with E-state index in [1.807, 2.05) is 17.7 Å². The second kappa shape index (κ2) is 2.51. The number of hydrogen-bond donors (Lipinski definition) is 1. The van der Waals surface area contributed by atoms with E-state index in [4.69, 9.17) is 5.73 Å². The van der Waals surface area contributed by atoms with Gasteiger partial charge in [0.2, 0.25) is 0 Å². The summed E-state index contributed by atoms with van der Waals surface area (Å²) in [5.74, 6) is -2.55. The predicted octanol–water partition coefficient (Wildman–Crippen LogP) is 2.64. The molecule has 1 aromatic heterocycles. The van der Waals surface area contributed by atoms with E-state index in [0.29, 0.717) is 0 Å². The predicted molar refractivity (Wildman–Crippen MR) is 49.1 cm³/mol. The van der Waals surface area contributed by atoms with Gasteiger partial charge in [-0.15, -0.1) is 0 Å². The van der Waals surface area contributed by atoms with Gasteiger partial charge < -0.3 is 5.73 Å². The smallest absolute Gasteiger partial charge is 0.252 e. The van der Waals surface area contributed by atoms with Crippen LogP contribution in [0.2, 0.25) is 0 Å². The molecular formula is C9H11F2NS. The van der Waals surface area contributed by atoms with Crippen LogP contribution in [-0.2, 0) is 5.54 Å². The third kappa shape index (κ3) is 1.38. The Balaban J connectivity index is 2.25. The SMILES string of the molecule is Cc1cscc1C1(N)CC(F)(F)C1. The second-order valence-corrected chi connectivity index (χ2v) is 4.58. The molecule has 0 spiro atoms. The first-order chi connectivity index (χ1) is 5.93. The Hall–Kier alpha value is -0.480. The molecule has 1 saturated carbocycles. The molecule has 1 aliphatic carbocycles. The first kappa shape index (κ1) is 9.09. The van der Waals surface area contributed by atoms with Crippen molar-refractivity contribution in [2.45, 2.75) is 31.2 Å². The van der Waals surface area contributed by atoms with Gasteiger partial charge in [0.25, 0.3) is 5.92 Å². The van der Waals surface area contributed by atoms with Crippen molar-refractivity contribution in [1.29, 1.82) is 0 Å². The lowest BCUT2D eigenvalue weighted by molar-refractivity contribution is -0.125. The van der Waals surface area contributed by atoms with Gasteiger partial charge in [0.15, 0.2) is 0 Å². The van der Waals surface area contributed by atoms with Crippen LogP contribution in [0.3, 0.4) is 0 Å². The fraction of sp³-hybridized carbons (Fsp3) is 0.556. The molecule has 0 aromatic carbocycles. The van der Waals surface area contributed by atoms with Crippen molar-refractivity contribution in [3.05, 3.63) is 21.9 Å². The van der Waals surface area contributed by atoms with Crippen molar-refractivity contribution >= 4 is 11.3 Å². The van der Waals surface area contributed by atoms with E-state index in [2.05, 4.69) is 0 Å². The molecule has 0 atom stereocenters. The molecule has 2 N–H and O–H groups in total. The Morgan fingerprint density at radius 1 is 1.38 bits per heavy atom. The zero-order chi connectivity index (χ0) is 9.69. The van der Waals surface area contributed by atoms with E-state index in [1.165, 1.54) is 11.3 Å². The fourth-order valence-electron chi connectivity index (χ4n) is 1.93. The molecule has 0 radical (unpaired) electrons. The van der Waals surface area contributed by atoms with Crippen LogP contribution in [0.15, 0.2) is 10.8 Å². The lowest BCUT2D eigenvalue weighted by Crippen LogP contribution is -2.55. The van der Waals surface area contributed by atoms with Crippen molar-refractivity contribution in [1.82, 2.24) is 0 Å². The van der Waals surface area contributed by atoms with Gasteiger partial charge in [-0.25, -0.2) is 8.78 Å². The molecule has 1 aliphatic rings. The van der Waals surface area contributed by atoms with Crippen LogP contribution >= 0.6 is 11.3 Å². The van der Waals surface area contributed by atoms with Crippen molar-refractivity contribution < 1.29 is 8.78 Å². The van der Waals surface area contributed by atoms with Crippen LogP contribution < -0.4 is 5.73 Å². The minimum Gasteiger partial charge on any atom is -0.321 e. The summed E-state index contributed by atoms with van der Waals surface area (Å²) >= 11 is 1.52. The van der Waals surface area contributed by atoms with Crippen molar-refractivity contribution in [3.63, 3.8) is 0 Å². The van der Waals surface area contributed by atoms with Crippen molar-refractivity contribution in [2.24, 2.45) is 5.73 Å². The van der Waals surface area contributed by atoms with E-state index >= 15 is 0 Å². The van der Waals surface area contributed by atoms with Gasteiger partial charge in [-0.05, 0) is 28.8 Å². The average Bonchev–Trinajstić information content (AvgIpc) is 2.30.